The van der Waals surface area contributed by atoms with Crippen molar-refractivity contribution in [2.24, 2.45) is 10.9 Å². The van der Waals surface area contributed by atoms with Crippen molar-refractivity contribution in [3.63, 3.8) is 0 Å². The fourth-order valence-corrected chi connectivity index (χ4v) is 3.64. The molecule has 0 fully saturated rings. The Balaban J connectivity index is 1.88. The van der Waals surface area contributed by atoms with Gasteiger partial charge in [0.15, 0.2) is 0 Å². The Kier molecular flexibility index (Phi) is 5.07. The lowest BCUT2D eigenvalue weighted by molar-refractivity contribution is -0.120. The highest BCUT2D eigenvalue weighted by Crippen LogP contribution is 2.31. The number of hydrogen-bond donors (Lipinski definition) is 0. The number of para-hydroxylation sites is 1. The van der Waals surface area contributed by atoms with E-state index < -0.39 is 6.04 Å². The second kappa shape index (κ2) is 7.81. The van der Waals surface area contributed by atoms with E-state index >= 15 is 0 Å². The molecule has 0 saturated heterocycles. The van der Waals surface area contributed by atoms with Gasteiger partial charge in [0.2, 0.25) is 0 Å². The third-order valence-corrected chi connectivity index (χ3v) is 5.10. The standard InChI is InChI=1S/C25H24N2O/c1-18(2)23-25(28)27(17-19-11-5-3-6-12-19)22-16-10-9-15-21(22)24(26-23)20-13-7-4-8-14-20/h3-16,18,23H,17H2,1-2H3/t23-/m0/s1. The number of fused-ring (bicyclic) bond motifs is 1. The summed E-state index contributed by atoms with van der Waals surface area (Å²) in [6.45, 7) is 4.66. The average molecular weight is 368 g/mol. The van der Waals surface area contributed by atoms with Crippen molar-refractivity contribution in [1.29, 1.82) is 0 Å². The first-order valence-electron chi connectivity index (χ1n) is 9.73. The van der Waals surface area contributed by atoms with Crippen LogP contribution in [0.3, 0.4) is 0 Å². The summed E-state index contributed by atoms with van der Waals surface area (Å²) in [5, 5.41) is 0. The highest BCUT2D eigenvalue weighted by Gasteiger charge is 2.33. The molecule has 1 heterocycles. The summed E-state index contributed by atoms with van der Waals surface area (Å²) < 4.78 is 0. The van der Waals surface area contributed by atoms with Crippen molar-refractivity contribution in [2.75, 3.05) is 4.90 Å². The van der Waals surface area contributed by atoms with E-state index in [1.807, 2.05) is 59.5 Å². The Bertz CT molecular complexity index is 993. The summed E-state index contributed by atoms with van der Waals surface area (Å²) in [4.78, 5) is 20.4. The van der Waals surface area contributed by atoms with E-state index in [-0.39, 0.29) is 11.8 Å². The Morgan fingerprint density at radius 1 is 0.857 bits per heavy atom. The molecule has 3 nitrogen and oxygen atoms in total. The van der Waals surface area contributed by atoms with Crippen LogP contribution in [-0.4, -0.2) is 17.7 Å². The Hall–Kier alpha value is -3.20. The first-order valence-corrected chi connectivity index (χ1v) is 9.73. The molecule has 0 bridgehead atoms. The summed E-state index contributed by atoms with van der Waals surface area (Å²) in [7, 11) is 0. The maximum atomic E-state index is 13.5. The maximum Gasteiger partial charge on any atom is 0.252 e. The van der Waals surface area contributed by atoms with Crippen LogP contribution in [0.5, 0.6) is 0 Å². The predicted octanol–water partition coefficient (Wildman–Crippen LogP) is 5.10. The highest BCUT2D eigenvalue weighted by molar-refractivity contribution is 6.20. The molecule has 1 amide bonds. The van der Waals surface area contributed by atoms with E-state index in [4.69, 9.17) is 4.99 Å². The van der Waals surface area contributed by atoms with Crippen molar-refractivity contribution in [2.45, 2.75) is 26.4 Å². The average Bonchev–Trinajstić information content (AvgIpc) is 2.85. The van der Waals surface area contributed by atoms with Gasteiger partial charge in [-0.05, 0) is 17.5 Å². The largest absolute Gasteiger partial charge is 0.305 e. The third kappa shape index (κ3) is 3.48. The van der Waals surface area contributed by atoms with E-state index in [1.54, 1.807) is 0 Å². The number of amides is 1. The van der Waals surface area contributed by atoms with Gasteiger partial charge in [0.1, 0.15) is 6.04 Å². The number of aliphatic imine (C=N–C) groups is 1. The van der Waals surface area contributed by atoms with Crippen molar-refractivity contribution < 1.29 is 4.79 Å². The van der Waals surface area contributed by atoms with Gasteiger partial charge in [0, 0.05) is 11.1 Å². The second-order valence-electron chi connectivity index (χ2n) is 7.46. The molecule has 3 aromatic rings. The number of carbonyl (C=O) groups excluding carboxylic acids is 1. The molecule has 1 aliphatic rings. The number of rotatable bonds is 4. The number of anilines is 1. The van der Waals surface area contributed by atoms with Crippen LogP contribution in [-0.2, 0) is 11.3 Å². The lowest BCUT2D eigenvalue weighted by Crippen LogP contribution is -2.39. The smallest absolute Gasteiger partial charge is 0.252 e. The van der Waals surface area contributed by atoms with E-state index in [9.17, 15) is 4.79 Å². The van der Waals surface area contributed by atoms with Crippen molar-refractivity contribution in [1.82, 2.24) is 0 Å². The lowest BCUT2D eigenvalue weighted by Gasteiger charge is -2.26. The van der Waals surface area contributed by atoms with E-state index in [0.29, 0.717) is 6.54 Å². The number of carbonyl (C=O) groups is 1. The van der Waals surface area contributed by atoms with Gasteiger partial charge in [-0.1, -0.05) is 92.7 Å². The summed E-state index contributed by atoms with van der Waals surface area (Å²) >= 11 is 0. The molecular weight excluding hydrogens is 344 g/mol. The molecule has 0 N–H and O–H groups in total. The number of hydrogen-bond acceptors (Lipinski definition) is 2. The van der Waals surface area contributed by atoms with Gasteiger partial charge in [-0.2, -0.15) is 0 Å². The lowest BCUT2D eigenvalue weighted by atomic mass is 10.00. The fourth-order valence-electron chi connectivity index (χ4n) is 3.64. The normalized spacial score (nSPS) is 16.5. The molecule has 28 heavy (non-hydrogen) atoms. The molecule has 0 radical (unpaired) electrons. The summed E-state index contributed by atoms with van der Waals surface area (Å²) in [6, 6.07) is 28.0. The molecule has 4 rings (SSSR count). The van der Waals surface area contributed by atoms with Crippen molar-refractivity contribution >= 4 is 17.3 Å². The minimum atomic E-state index is -0.411. The zero-order chi connectivity index (χ0) is 19.5. The van der Waals surface area contributed by atoms with Gasteiger partial charge in [-0.25, -0.2) is 0 Å². The van der Waals surface area contributed by atoms with Gasteiger partial charge < -0.3 is 4.90 Å². The molecule has 0 spiro atoms. The zero-order valence-electron chi connectivity index (χ0n) is 16.2. The monoisotopic (exact) mass is 368 g/mol. The van der Waals surface area contributed by atoms with Gasteiger partial charge in [-0.3, -0.25) is 9.79 Å². The number of benzene rings is 3. The van der Waals surface area contributed by atoms with Crippen LogP contribution in [0.25, 0.3) is 0 Å². The summed E-state index contributed by atoms with van der Waals surface area (Å²) in [5.74, 6) is 0.163. The summed E-state index contributed by atoms with van der Waals surface area (Å²) in [6.07, 6.45) is 0. The molecular formula is C25H24N2O. The van der Waals surface area contributed by atoms with Gasteiger partial charge in [0.25, 0.3) is 5.91 Å². The zero-order valence-corrected chi connectivity index (χ0v) is 16.2. The van der Waals surface area contributed by atoms with Crippen LogP contribution < -0.4 is 4.90 Å². The number of nitrogens with zero attached hydrogens (tertiary/aromatic N) is 2. The van der Waals surface area contributed by atoms with Crippen LogP contribution in [0.2, 0.25) is 0 Å². The van der Waals surface area contributed by atoms with E-state index in [0.717, 1.165) is 28.1 Å². The van der Waals surface area contributed by atoms with Crippen molar-refractivity contribution in [3.05, 3.63) is 102 Å². The van der Waals surface area contributed by atoms with Crippen LogP contribution in [0.1, 0.15) is 30.5 Å². The molecule has 0 aromatic heterocycles. The Labute approximate surface area is 166 Å². The van der Waals surface area contributed by atoms with Crippen LogP contribution >= 0.6 is 0 Å². The van der Waals surface area contributed by atoms with Gasteiger partial charge in [0.05, 0.1) is 17.9 Å². The first kappa shape index (κ1) is 18.2. The summed E-state index contributed by atoms with van der Waals surface area (Å²) in [5.41, 5.74) is 4.95. The number of benzodiazepines with no additional fused rings is 1. The second-order valence-corrected chi connectivity index (χ2v) is 7.46. The van der Waals surface area contributed by atoms with E-state index in [1.165, 1.54) is 0 Å². The highest BCUT2D eigenvalue weighted by atomic mass is 16.2. The van der Waals surface area contributed by atoms with Crippen LogP contribution in [0.4, 0.5) is 5.69 Å². The molecule has 0 saturated carbocycles. The van der Waals surface area contributed by atoms with Gasteiger partial charge in [-0.15, -0.1) is 0 Å². The Morgan fingerprint density at radius 3 is 2.14 bits per heavy atom. The molecule has 140 valence electrons. The minimum absolute atomic E-state index is 0.0530. The molecule has 0 aliphatic carbocycles. The van der Waals surface area contributed by atoms with Crippen LogP contribution in [0, 0.1) is 5.92 Å². The quantitative estimate of drug-likeness (QED) is 0.631. The van der Waals surface area contributed by atoms with Crippen molar-refractivity contribution in [3.8, 4) is 0 Å². The molecule has 0 unspecified atom stereocenters. The fraction of sp³-hybridized carbons (Fsp3) is 0.200. The van der Waals surface area contributed by atoms with Gasteiger partial charge >= 0.3 is 0 Å². The SMILES string of the molecule is CC(C)[C@@H]1N=C(c2ccccc2)c2ccccc2N(Cc2ccccc2)C1=O. The Morgan fingerprint density at radius 2 is 1.46 bits per heavy atom. The molecule has 3 aromatic carbocycles. The van der Waals surface area contributed by atoms with Crippen LogP contribution in [0.15, 0.2) is 89.9 Å². The third-order valence-electron chi connectivity index (χ3n) is 5.10. The predicted molar refractivity (Wildman–Crippen MR) is 115 cm³/mol. The molecule has 1 atom stereocenters. The molecule has 1 aliphatic heterocycles. The minimum Gasteiger partial charge on any atom is -0.305 e. The maximum absolute atomic E-state index is 13.5. The topological polar surface area (TPSA) is 32.7 Å². The first-order chi connectivity index (χ1) is 13.6. The molecule has 3 heteroatoms. The van der Waals surface area contributed by atoms with E-state index in [2.05, 4.69) is 44.2 Å².